The molecule has 0 heterocycles. The first-order valence-corrected chi connectivity index (χ1v) is 7.43. The van der Waals surface area contributed by atoms with E-state index in [2.05, 4.69) is 4.72 Å². The summed E-state index contributed by atoms with van der Waals surface area (Å²) in [7, 11) is -3.69. The molecule has 19 heavy (non-hydrogen) atoms. The summed E-state index contributed by atoms with van der Waals surface area (Å²) in [5.41, 5.74) is 0. The van der Waals surface area contributed by atoms with Crippen LogP contribution in [0.15, 0.2) is 41.3 Å². The largest absolute Gasteiger partial charge is 0.481 e. The number of rotatable bonds is 4. The van der Waals surface area contributed by atoms with Crippen molar-refractivity contribution in [1.29, 1.82) is 0 Å². The Morgan fingerprint density at radius 2 is 2.11 bits per heavy atom. The summed E-state index contributed by atoms with van der Waals surface area (Å²) in [6.45, 7) is 0. The lowest BCUT2D eigenvalue weighted by atomic mass is 10.1. The highest BCUT2D eigenvalue weighted by atomic mass is 35.5. The highest BCUT2D eigenvalue weighted by molar-refractivity contribution is 7.89. The van der Waals surface area contributed by atoms with Crippen LogP contribution in [0, 0.1) is 5.92 Å². The molecule has 0 bridgehead atoms. The Hall–Kier alpha value is -1.37. The Bertz CT molecular complexity index is 626. The molecule has 0 spiro atoms. The topological polar surface area (TPSA) is 83.5 Å². The van der Waals surface area contributed by atoms with Gasteiger partial charge in [-0.05, 0) is 24.6 Å². The van der Waals surface area contributed by atoms with E-state index in [1.54, 1.807) is 18.2 Å². The molecule has 0 aromatic heterocycles. The summed E-state index contributed by atoms with van der Waals surface area (Å²) in [4.78, 5) is 10.8. The van der Waals surface area contributed by atoms with Crippen LogP contribution in [0.3, 0.4) is 0 Å². The molecule has 1 aromatic carbocycles. The molecule has 1 aliphatic rings. The number of hydrogen-bond acceptors (Lipinski definition) is 3. The molecule has 1 aliphatic carbocycles. The fourth-order valence-corrected chi connectivity index (χ4v) is 3.38. The van der Waals surface area contributed by atoms with Crippen LogP contribution in [0.5, 0.6) is 0 Å². The lowest BCUT2D eigenvalue weighted by Gasteiger charge is -2.12. The van der Waals surface area contributed by atoms with Gasteiger partial charge < -0.3 is 5.11 Å². The summed E-state index contributed by atoms with van der Waals surface area (Å²) in [5.74, 6) is -1.60. The van der Waals surface area contributed by atoms with E-state index in [1.807, 2.05) is 0 Å². The monoisotopic (exact) mass is 301 g/mol. The quantitative estimate of drug-likeness (QED) is 0.828. The van der Waals surface area contributed by atoms with Crippen molar-refractivity contribution in [3.05, 3.63) is 41.4 Å². The molecule has 2 N–H and O–H groups in total. The molecule has 2 unspecified atom stereocenters. The number of carbonyl (C=O) groups is 1. The lowest BCUT2D eigenvalue weighted by molar-refractivity contribution is -0.140. The van der Waals surface area contributed by atoms with Gasteiger partial charge in [-0.2, -0.15) is 0 Å². The van der Waals surface area contributed by atoms with Crippen LogP contribution in [0.25, 0.3) is 0 Å². The Morgan fingerprint density at radius 1 is 1.37 bits per heavy atom. The van der Waals surface area contributed by atoms with Crippen LogP contribution in [-0.4, -0.2) is 25.5 Å². The summed E-state index contributed by atoms with van der Waals surface area (Å²) in [6.07, 6.45) is 3.27. The average Bonchev–Trinajstić information content (AvgIpc) is 2.77. The van der Waals surface area contributed by atoms with Gasteiger partial charge in [-0.15, -0.1) is 0 Å². The Morgan fingerprint density at radius 3 is 2.68 bits per heavy atom. The zero-order valence-corrected chi connectivity index (χ0v) is 11.4. The number of sulfonamides is 1. The van der Waals surface area contributed by atoms with Crippen molar-refractivity contribution in [2.75, 3.05) is 0 Å². The molecule has 5 nitrogen and oxygen atoms in total. The number of hydrogen-bond donors (Lipinski definition) is 2. The predicted molar refractivity (Wildman–Crippen MR) is 70.4 cm³/mol. The first kappa shape index (κ1) is 14.0. The molecule has 1 aromatic rings. The van der Waals surface area contributed by atoms with Gasteiger partial charge in [-0.25, -0.2) is 13.1 Å². The average molecular weight is 302 g/mol. The van der Waals surface area contributed by atoms with Gasteiger partial charge in [0.05, 0.1) is 10.8 Å². The van der Waals surface area contributed by atoms with Crippen molar-refractivity contribution in [2.45, 2.75) is 17.4 Å². The SMILES string of the molecule is O=C(O)C1C=CC(NS(=O)(=O)c2cccc(Cl)c2)C1. The zero-order valence-electron chi connectivity index (χ0n) is 9.78. The fourth-order valence-electron chi connectivity index (χ4n) is 1.87. The van der Waals surface area contributed by atoms with Crippen LogP contribution in [0.2, 0.25) is 5.02 Å². The maximum Gasteiger partial charge on any atom is 0.310 e. The van der Waals surface area contributed by atoms with E-state index in [0.29, 0.717) is 5.02 Å². The normalized spacial score (nSPS) is 22.6. The molecule has 0 aliphatic heterocycles. The van der Waals surface area contributed by atoms with E-state index in [-0.39, 0.29) is 11.3 Å². The van der Waals surface area contributed by atoms with Gasteiger partial charge >= 0.3 is 5.97 Å². The smallest absolute Gasteiger partial charge is 0.310 e. The maximum absolute atomic E-state index is 12.1. The summed E-state index contributed by atoms with van der Waals surface area (Å²) in [6, 6.07) is 5.39. The number of benzene rings is 1. The first-order valence-electron chi connectivity index (χ1n) is 5.57. The number of nitrogens with one attached hydrogen (secondary N) is 1. The number of carboxylic acid groups (broad SMARTS) is 1. The molecule has 7 heteroatoms. The molecule has 0 saturated carbocycles. The van der Waals surface area contributed by atoms with Crippen molar-refractivity contribution < 1.29 is 18.3 Å². The number of aliphatic carboxylic acids is 1. The molecular formula is C12H12ClNO4S. The third-order valence-corrected chi connectivity index (χ3v) is 4.54. The van der Waals surface area contributed by atoms with Crippen LogP contribution >= 0.6 is 11.6 Å². The number of halogens is 1. The van der Waals surface area contributed by atoms with Crippen molar-refractivity contribution in [3.63, 3.8) is 0 Å². The van der Waals surface area contributed by atoms with Gasteiger partial charge in [-0.3, -0.25) is 4.79 Å². The predicted octanol–water partition coefficient (Wildman–Crippen LogP) is 1.65. The van der Waals surface area contributed by atoms with Crippen LogP contribution < -0.4 is 4.72 Å². The summed E-state index contributed by atoms with van der Waals surface area (Å²) < 4.78 is 26.6. The summed E-state index contributed by atoms with van der Waals surface area (Å²) in [5, 5.41) is 9.16. The van der Waals surface area contributed by atoms with E-state index < -0.39 is 28.0 Å². The fraction of sp³-hybridized carbons (Fsp3) is 0.250. The van der Waals surface area contributed by atoms with Crippen LogP contribution in [0.4, 0.5) is 0 Å². The highest BCUT2D eigenvalue weighted by Gasteiger charge is 2.28. The minimum Gasteiger partial charge on any atom is -0.481 e. The van der Waals surface area contributed by atoms with Gasteiger partial charge in [0.2, 0.25) is 10.0 Å². The molecule has 0 amide bonds. The van der Waals surface area contributed by atoms with E-state index >= 15 is 0 Å². The maximum atomic E-state index is 12.1. The zero-order chi connectivity index (χ0) is 14.0. The van der Waals surface area contributed by atoms with Crippen molar-refractivity contribution in [2.24, 2.45) is 5.92 Å². The third kappa shape index (κ3) is 3.34. The lowest BCUT2D eigenvalue weighted by Crippen LogP contribution is -2.33. The van der Waals surface area contributed by atoms with Gasteiger partial charge in [0.1, 0.15) is 0 Å². The minimum atomic E-state index is -3.69. The first-order chi connectivity index (χ1) is 8.88. The van der Waals surface area contributed by atoms with E-state index in [1.165, 1.54) is 18.2 Å². The van der Waals surface area contributed by atoms with Gasteiger partial charge in [0.25, 0.3) is 0 Å². The van der Waals surface area contributed by atoms with E-state index in [9.17, 15) is 13.2 Å². The van der Waals surface area contributed by atoms with E-state index in [0.717, 1.165) is 0 Å². The molecule has 2 rings (SSSR count). The van der Waals surface area contributed by atoms with Gasteiger partial charge in [0.15, 0.2) is 0 Å². The van der Waals surface area contributed by atoms with Crippen molar-refractivity contribution >= 4 is 27.6 Å². The third-order valence-electron chi connectivity index (χ3n) is 2.81. The molecule has 102 valence electrons. The van der Waals surface area contributed by atoms with Crippen LogP contribution in [-0.2, 0) is 14.8 Å². The molecule has 0 fully saturated rings. The summed E-state index contributed by atoms with van der Waals surface area (Å²) >= 11 is 5.75. The Kier molecular flexibility index (Phi) is 3.93. The Labute approximate surface area is 115 Å². The van der Waals surface area contributed by atoms with Crippen molar-refractivity contribution in [1.82, 2.24) is 4.72 Å². The minimum absolute atomic E-state index is 0.0622. The van der Waals surface area contributed by atoms with Gasteiger partial charge in [-0.1, -0.05) is 29.8 Å². The molecule has 2 atom stereocenters. The second-order valence-corrected chi connectivity index (χ2v) is 6.40. The second kappa shape index (κ2) is 5.32. The Balaban J connectivity index is 2.11. The number of carboxylic acids is 1. The van der Waals surface area contributed by atoms with Crippen molar-refractivity contribution in [3.8, 4) is 0 Å². The van der Waals surface area contributed by atoms with E-state index in [4.69, 9.17) is 16.7 Å². The molecular weight excluding hydrogens is 290 g/mol. The molecule has 0 saturated heterocycles. The molecule has 0 radical (unpaired) electrons. The standard InChI is InChI=1S/C12H12ClNO4S/c13-9-2-1-3-11(7-9)19(17,18)14-10-5-4-8(6-10)12(15)16/h1-5,7-8,10,14H,6H2,(H,15,16). The van der Waals surface area contributed by atoms with Crippen LogP contribution in [0.1, 0.15) is 6.42 Å². The highest BCUT2D eigenvalue weighted by Crippen LogP contribution is 2.21. The van der Waals surface area contributed by atoms with Gasteiger partial charge in [0, 0.05) is 11.1 Å². The second-order valence-electron chi connectivity index (χ2n) is 4.25.